The minimum atomic E-state index is 0.216. The summed E-state index contributed by atoms with van der Waals surface area (Å²) in [4.78, 5) is 17.1. The molecule has 0 aromatic heterocycles. The van der Waals surface area contributed by atoms with Crippen LogP contribution in [0.1, 0.15) is 30.4 Å². The Bertz CT molecular complexity index is 546. The summed E-state index contributed by atoms with van der Waals surface area (Å²) in [6.45, 7) is 4.09. The second kappa shape index (κ2) is 6.28. The van der Waals surface area contributed by atoms with Gasteiger partial charge < -0.3 is 4.90 Å². The molecule has 0 radical (unpaired) electrons. The minimum absolute atomic E-state index is 0.216. The molecule has 1 aromatic carbocycles. The first-order valence-corrected chi connectivity index (χ1v) is 7.77. The highest BCUT2D eigenvalue weighted by atomic mass is 16.2. The summed E-state index contributed by atoms with van der Waals surface area (Å²) in [5.74, 6) is 0.216. The van der Waals surface area contributed by atoms with Crippen molar-refractivity contribution >= 4 is 5.91 Å². The van der Waals surface area contributed by atoms with Crippen LogP contribution in [0, 0.1) is 11.3 Å². The Morgan fingerprint density at radius 2 is 1.95 bits per heavy atom. The SMILES string of the molecule is N#Cc1ccc(CC(=O)N2CCCN3CCCC3C2)cc1. The van der Waals surface area contributed by atoms with Crippen molar-refractivity contribution in [3.8, 4) is 6.07 Å². The average Bonchev–Trinajstić information content (AvgIpc) is 2.85. The summed E-state index contributed by atoms with van der Waals surface area (Å²) >= 11 is 0. The number of amides is 1. The zero-order valence-corrected chi connectivity index (χ0v) is 12.3. The summed E-state index contributed by atoms with van der Waals surface area (Å²) in [5, 5.41) is 8.80. The van der Waals surface area contributed by atoms with Gasteiger partial charge in [-0.15, -0.1) is 0 Å². The number of hydrogen-bond acceptors (Lipinski definition) is 3. The Labute approximate surface area is 126 Å². The molecule has 2 heterocycles. The van der Waals surface area contributed by atoms with Gasteiger partial charge in [-0.05, 0) is 43.5 Å². The zero-order chi connectivity index (χ0) is 14.7. The Kier molecular flexibility index (Phi) is 4.21. The fraction of sp³-hybridized carbons (Fsp3) is 0.529. The molecular weight excluding hydrogens is 262 g/mol. The van der Waals surface area contributed by atoms with Crippen LogP contribution in [-0.2, 0) is 11.2 Å². The fourth-order valence-electron chi connectivity index (χ4n) is 3.42. The van der Waals surface area contributed by atoms with Crippen LogP contribution in [0.25, 0.3) is 0 Å². The van der Waals surface area contributed by atoms with Crippen molar-refractivity contribution in [1.29, 1.82) is 5.26 Å². The fourth-order valence-corrected chi connectivity index (χ4v) is 3.42. The van der Waals surface area contributed by atoms with Crippen LogP contribution in [-0.4, -0.2) is 47.9 Å². The number of nitriles is 1. The Morgan fingerprint density at radius 1 is 1.19 bits per heavy atom. The lowest BCUT2D eigenvalue weighted by Crippen LogP contribution is -2.40. The molecule has 0 saturated carbocycles. The number of hydrogen-bond donors (Lipinski definition) is 0. The van der Waals surface area contributed by atoms with Crippen molar-refractivity contribution in [1.82, 2.24) is 9.80 Å². The molecule has 1 unspecified atom stereocenters. The van der Waals surface area contributed by atoms with Crippen LogP contribution in [0.3, 0.4) is 0 Å². The number of nitrogens with zero attached hydrogens (tertiary/aromatic N) is 3. The maximum absolute atomic E-state index is 12.5. The van der Waals surface area contributed by atoms with Gasteiger partial charge in [-0.3, -0.25) is 9.69 Å². The van der Waals surface area contributed by atoms with Crippen molar-refractivity contribution in [3.05, 3.63) is 35.4 Å². The van der Waals surface area contributed by atoms with Crippen molar-refractivity contribution in [2.45, 2.75) is 31.7 Å². The molecule has 0 N–H and O–H groups in total. The lowest BCUT2D eigenvalue weighted by Gasteiger charge is -2.25. The van der Waals surface area contributed by atoms with E-state index >= 15 is 0 Å². The Morgan fingerprint density at radius 3 is 2.71 bits per heavy atom. The molecule has 110 valence electrons. The molecule has 1 aromatic rings. The molecular formula is C17H21N3O. The molecule has 2 aliphatic rings. The highest BCUT2D eigenvalue weighted by Gasteiger charge is 2.30. The highest BCUT2D eigenvalue weighted by molar-refractivity contribution is 5.78. The third-order valence-electron chi connectivity index (χ3n) is 4.59. The van der Waals surface area contributed by atoms with Crippen LogP contribution >= 0.6 is 0 Å². The van der Waals surface area contributed by atoms with Gasteiger partial charge in [-0.2, -0.15) is 5.26 Å². The van der Waals surface area contributed by atoms with E-state index in [0.29, 0.717) is 18.0 Å². The number of rotatable bonds is 2. The van der Waals surface area contributed by atoms with E-state index in [1.807, 2.05) is 17.0 Å². The second-order valence-corrected chi connectivity index (χ2v) is 6.01. The van der Waals surface area contributed by atoms with E-state index in [2.05, 4.69) is 11.0 Å². The standard InChI is InChI=1S/C17H21N3O/c18-12-15-6-4-14(5-7-15)11-17(21)20-10-2-9-19-8-1-3-16(19)13-20/h4-7,16H,1-3,8-11,13H2. The topological polar surface area (TPSA) is 47.3 Å². The van der Waals surface area contributed by atoms with Crippen molar-refractivity contribution in [2.24, 2.45) is 0 Å². The first-order chi connectivity index (χ1) is 10.3. The van der Waals surface area contributed by atoms with Crippen molar-refractivity contribution in [3.63, 3.8) is 0 Å². The number of fused-ring (bicyclic) bond motifs is 1. The third kappa shape index (κ3) is 3.25. The van der Waals surface area contributed by atoms with Crippen LogP contribution < -0.4 is 0 Å². The molecule has 3 rings (SSSR count). The molecule has 2 aliphatic heterocycles. The van der Waals surface area contributed by atoms with Gasteiger partial charge in [0.2, 0.25) is 5.91 Å². The Balaban J connectivity index is 1.62. The lowest BCUT2D eigenvalue weighted by atomic mass is 10.1. The normalized spacial score (nSPS) is 22.4. The maximum Gasteiger partial charge on any atom is 0.227 e. The summed E-state index contributed by atoms with van der Waals surface area (Å²) in [5.41, 5.74) is 1.63. The van der Waals surface area contributed by atoms with Gasteiger partial charge in [-0.1, -0.05) is 12.1 Å². The molecule has 21 heavy (non-hydrogen) atoms. The summed E-state index contributed by atoms with van der Waals surface area (Å²) in [7, 11) is 0. The van der Waals surface area contributed by atoms with E-state index in [0.717, 1.165) is 31.6 Å². The minimum Gasteiger partial charge on any atom is -0.341 e. The summed E-state index contributed by atoms with van der Waals surface area (Å²) in [6.07, 6.45) is 4.01. The van der Waals surface area contributed by atoms with Crippen LogP contribution in [0.4, 0.5) is 0 Å². The first-order valence-electron chi connectivity index (χ1n) is 7.77. The quantitative estimate of drug-likeness (QED) is 0.831. The smallest absolute Gasteiger partial charge is 0.227 e. The van der Waals surface area contributed by atoms with Crippen molar-refractivity contribution < 1.29 is 4.79 Å². The Hall–Kier alpha value is -1.86. The van der Waals surface area contributed by atoms with Gasteiger partial charge >= 0.3 is 0 Å². The van der Waals surface area contributed by atoms with Crippen molar-refractivity contribution in [2.75, 3.05) is 26.2 Å². The number of carbonyl (C=O) groups is 1. The van der Waals surface area contributed by atoms with Gasteiger partial charge in [0.25, 0.3) is 0 Å². The third-order valence-corrected chi connectivity index (χ3v) is 4.59. The molecule has 0 spiro atoms. The molecule has 2 fully saturated rings. The summed E-state index contributed by atoms with van der Waals surface area (Å²) in [6, 6.07) is 10.0. The van der Waals surface area contributed by atoms with Crippen LogP contribution in [0.5, 0.6) is 0 Å². The molecule has 0 aliphatic carbocycles. The molecule has 4 heteroatoms. The molecule has 1 atom stereocenters. The number of carbonyl (C=O) groups excluding carboxylic acids is 1. The monoisotopic (exact) mass is 283 g/mol. The lowest BCUT2D eigenvalue weighted by molar-refractivity contribution is -0.130. The largest absolute Gasteiger partial charge is 0.341 e. The second-order valence-electron chi connectivity index (χ2n) is 6.01. The summed E-state index contributed by atoms with van der Waals surface area (Å²) < 4.78 is 0. The van der Waals surface area contributed by atoms with E-state index < -0.39 is 0 Å². The highest BCUT2D eigenvalue weighted by Crippen LogP contribution is 2.21. The average molecular weight is 283 g/mol. The predicted molar refractivity (Wildman–Crippen MR) is 80.7 cm³/mol. The molecule has 1 amide bonds. The van der Waals surface area contributed by atoms with Gasteiger partial charge in [0.05, 0.1) is 18.1 Å². The molecule has 2 saturated heterocycles. The van der Waals surface area contributed by atoms with E-state index in [1.54, 1.807) is 12.1 Å². The van der Waals surface area contributed by atoms with Gasteiger partial charge in [0.15, 0.2) is 0 Å². The van der Waals surface area contributed by atoms with Gasteiger partial charge in [0, 0.05) is 25.7 Å². The van der Waals surface area contributed by atoms with Gasteiger partial charge in [-0.25, -0.2) is 0 Å². The van der Waals surface area contributed by atoms with E-state index in [4.69, 9.17) is 5.26 Å². The predicted octanol–water partition coefficient (Wildman–Crippen LogP) is 1.80. The molecule has 4 nitrogen and oxygen atoms in total. The van der Waals surface area contributed by atoms with Crippen LogP contribution in [0.2, 0.25) is 0 Å². The van der Waals surface area contributed by atoms with Crippen LogP contribution in [0.15, 0.2) is 24.3 Å². The van der Waals surface area contributed by atoms with E-state index in [-0.39, 0.29) is 5.91 Å². The van der Waals surface area contributed by atoms with E-state index in [1.165, 1.54) is 19.4 Å². The molecule has 0 bridgehead atoms. The van der Waals surface area contributed by atoms with E-state index in [9.17, 15) is 4.79 Å². The maximum atomic E-state index is 12.5. The zero-order valence-electron chi connectivity index (χ0n) is 12.3. The van der Waals surface area contributed by atoms with Gasteiger partial charge in [0.1, 0.15) is 0 Å². The number of benzene rings is 1. The first kappa shape index (κ1) is 14.1.